The first-order valence-electron chi connectivity index (χ1n) is 11.0. The van der Waals surface area contributed by atoms with E-state index in [2.05, 4.69) is 46.6 Å². The fourth-order valence-electron chi connectivity index (χ4n) is 4.88. The molecular weight excluding hydrogens is 358 g/mol. The fraction of sp³-hybridized carbons (Fsp3) is 0.440. The van der Waals surface area contributed by atoms with Gasteiger partial charge in [-0.2, -0.15) is 0 Å². The smallest absolute Gasteiger partial charge is 0.220 e. The van der Waals surface area contributed by atoms with E-state index in [4.69, 9.17) is 0 Å². The van der Waals surface area contributed by atoms with Gasteiger partial charge >= 0.3 is 0 Å². The van der Waals surface area contributed by atoms with Gasteiger partial charge in [-0.15, -0.1) is 0 Å². The second-order valence-electron chi connectivity index (χ2n) is 8.28. The van der Waals surface area contributed by atoms with Crippen LogP contribution in [0.5, 0.6) is 0 Å². The minimum Gasteiger partial charge on any atom is -0.361 e. The van der Waals surface area contributed by atoms with Crippen molar-refractivity contribution in [2.75, 3.05) is 0 Å². The highest BCUT2D eigenvalue weighted by Crippen LogP contribution is 2.41. The number of aryl methyl sites for hydroxylation is 1. The molecule has 0 saturated heterocycles. The SMILES string of the molecule is CCc1cccc2c([C@H](CC(=O)NCc3ccncc3)C3CCCCC3)c[nH]c12. The van der Waals surface area contributed by atoms with Gasteiger partial charge in [0.15, 0.2) is 0 Å². The minimum absolute atomic E-state index is 0.137. The topological polar surface area (TPSA) is 57.8 Å². The van der Waals surface area contributed by atoms with E-state index in [9.17, 15) is 4.79 Å². The molecule has 1 amide bonds. The van der Waals surface area contributed by atoms with Gasteiger partial charge in [0.2, 0.25) is 5.91 Å². The molecule has 0 radical (unpaired) electrons. The van der Waals surface area contributed by atoms with Gasteiger partial charge < -0.3 is 10.3 Å². The fourth-order valence-corrected chi connectivity index (χ4v) is 4.88. The van der Waals surface area contributed by atoms with Gasteiger partial charge in [0.05, 0.1) is 0 Å². The summed E-state index contributed by atoms with van der Waals surface area (Å²) in [5.74, 6) is 0.992. The third-order valence-electron chi connectivity index (χ3n) is 6.48. The normalized spacial score (nSPS) is 16.0. The zero-order valence-electron chi connectivity index (χ0n) is 17.3. The zero-order valence-corrected chi connectivity index (χ0v) is 17.3. The number of aromatic amines is 1. The third kappa shape index (κ3) is 4.52. The number of carbonyl (C=O) groups is 1. The van der Waals surface area contributed by atoms with Crippen molar-refractivity contribution in [2.24, 2.45) is 5.92 Å². The molecule has 3 aromatic rings. The molecule has 4 nitrogen and oxygen atoms in total. The number of hydrogen-bond donors (Lipinski definition) is 2. The Hall–Kier alpha value is -2.62. The average Bonchev–Trinajstić information content (AvgIpc) is 3.21. The van der Waals surface area contributed by atoms with Gasteiger partial charge in [-0.05, 0) is 59.9 Å². The molecule has 1 aliphatic rings. The lowest BCUT2D eigenvalue weighted by Gasteiger charge is -2.30. The Bertz CT molecular complexity index is 941. The summed E-state index contributed by atoms with van der Waals surface area (Å²) in [5, 5.41) is 4.42. The standard InChI is InChI=1S/C25H31N3O/c1-2-19-9-6-10-21-23(17-28-25(19)21)22(20-7-4-3-5-8-20)15-24(29)27-16-18-11-13-26-14-12-18/h6,9-14,17,20,22,28H,2-5,7-8,15-16H2,1H3,(H,27,29)/t22-/m1/s1. The van der Waals surface area contributed by atoms with Crippen LogP contribution in [0.1, 0.15) is 68.1 Å². The van der Waals surface area contributed by atoms with Gasteiger partial charge in [0.1, 0.15) is 0 Å². The Balaban J connectivity index is 1.56. The second-order valence-corrected chi connectivity index (χ2v) is 8.28. The predicted molar refractivity (Wildman–Crippen MR) is 118 cm³/mol. The highest BCUT2D eigenvalue weighted by molar-refractivity contribution is 5.87. The molecule has 2 N–H and O–H groups in total. The molecule has 29 heavy (non-hydrogen) atoms. The van der Waals surface area contributed by atoms with E-state index in [1.165, 1.54) is 54.1 Å². The first-order chi connectivity index (χ1) is 14.3. The van der Waals surface area contributed by atoms with Crippen LogP contribution in [0.15, 0.2) is 48.9 Å². The molecule has 4 heteroatoms. The third-order valence-corrected chi connectivity index (χ3v) is 6.48. The number of nitrogens with zero attached hydrogens (tertiary/aromatic N) is 1. The second kappa shape index (κ2) is 9.25. The summed E-state index contributed by atoms with van der Waals surface area (Å²) in [6, 6.07) is 10.5. The maximum absolute atomic E-state index is 12.9. The number of carbonyl (C=O) groups excluding carboxylic acids is 1. The van der Waals surface area contributed by atoms with E-state index >= 15 is 0 Å². The van der Waals surface area contributed by atoms with Crippen LogP contribution < -0.4 is 5.32 Å². The molecule has 1 atom stereocenters. The zero-order chi connectivity index (χ0) is 20.1. The van der Waals surface area contributed by atoms with E-state index in [0.29, 0.717) is 18.9 Å². The van der Waals surface area contributed by atoms with E-state index in [0.717, 1.165) is 12.0 Å². The van der Waals surface area contributed by atoms with Gasteiger partial charge in [-0.1, -0.05) is 44.4 Å². The lowest BCUT2D eigenvalue weighted by atomic mass is 9.75. The number of amides is 1. The molecule has 1 fully saturated rings. The lowest BCUT2D eigenvalue weighted by molar-refractivity contribution is -0.122. The number of aromatic nitrogens is 2. The first-order valence-corrected chi connectivity index (χ1v) is 11.0. The van der Waals surface area contributed by atoms with Crippen LogP contribution >= 0.6 is 0 Å². The monoisotopic (exact) mass is 389 g/mol. The van der Waals surface area contributed by atoms with Gasteiger partial charge in [-0.25, -0.2) is 0 Å². The Labute approximate surface area is 173 Å². The van der Waals surface area contributed by atoms with Crippen molar-refractivity contribution in [2.45, 2.75) is 64.3 Å². The first kappa shape index (κ1) is 19.7. The number of benzene rings is 1. The molecule has 1 aliphatic carbocycles. The van der Waals surface area contributed by atoms with Crippen molar-refractivity contribution in [3.8, 4) is 0 Å². The Kier molecular flexibility index (Phi) is 6.28. The molecule has 0 bridgehead atoms. The van der Waals surface area contributed by atoms with Crippen molar-refractivity contribution < 1.29 is 4.79 Å². The quantitative estimate of drug-likeness (QED) is 0.561. The summed E-state index contributed by atoms with van der Waals surface area (Å²) < 4.78 is 0. The minimum atomic E-state index is 0.137. The van der Waals surface area contributed by atoms with Crippen molar-refractivity contribution in [1.29, 1.82) is 0 Å². The molecule has 4 rings (SSSR count). The highest BCUT2D eigenvalue weighted by atomic mass is 16.1. The van der Waals surface area contributed by atoms with Crippen molar-refractivity contribution in [3.05, 3.63) is 65.6 Å². The number of H-pyrrole nitrogens is 1. The van der Waals surface area contributed by atoms with Crippen LogP contribution in [0.3, 0.4) is 0 Å². The van der Waals surface area contributed by atoms with Crippen molar-refractivity contribution in [1.82, 2.24) is 15.3 Å². The van der Waals surface area contributed by atoms with Crippen LogP contribution in [-0.4, -0.2) is 15.9 Å². The lowest BCUT2D eigenvalue weighted by Crippen LogP contribution is -2.27. The molecule has 1 aromatic carbocycles. The number of para-hydroxylation sites is 1. The number of pyridine rings is 1. The van der Waals surface area contributed by atoms with Gasteiger partial charge in [-0.3, -0.25) is 9.78 Å². The van der Waals surface area contributed by atoms with Crippen LogP contribution in [-0.2, 0) is 17.8 Å². The summed E-state index contributed by atoms with van der Waals surface area (Å²) in [6.07, 6.45) is 13.6. The maximum atomic E-state index is 12.9. The Morgan fingerprint density at radius 3 is 2.72 bits per heavy atom. The maximum Gasteiger partial charge on any atom is 0.220 e. The summed E-state index contributed by atoms with van der Waals surface area (Å²) in [7, 11) is 0. The van der Waals surface area contributed by atoms with Gasteiger partial charge in [0, 0.05) is 42.5 Å². The number of nitrogens with one attached hydrogen (secondary N) is 2. The van der Waals surface area contributed by atoms with E-state index in [1.54, 1.807) is 12.4 Å². The van der Waals surface area contributed by atoms with E-state index < -0.39 is 0 Å². The van der Waals surface area contributed by atoms with Crippen molar-refractivity contribution in [3.63, 3.8) is 0 Å². The summed E-state index contributed by atoms with van der Waals surface area (Å²) in [4.78, 5) is 20.4. The number of fused-ring (bicyclic) bond motifs is 1. The van der Waals surface area contributed by atoms with Gasteiger partial charge in [0.25, 0.3) is 0 Å². The molecule has 152 valence electrons. The molecule has 0 unspecified atom stereocenters. The van der Waals surface area contributed by atoms with E-state index in [-0.39, 0.29) is 11.8 Å². The highest BCUT2D eigenvalue weighted by Gasteiger charge is 2.29. The Morgan fingerprint density at radius 1 is 1.17 bits per heavy atom. The largest absolute Gasteiger partial charge is 0.361 e. The van der Waals surface area contributed by atoms with Crippen LogP contribution in [0.25, 0.3) is 10.9 Å². The summed E-state index contributed by atoms with van der Waals surface area (Å²) >= 11 is 0. The number of hydrogen-bond acceptors (Lipinski definition) is 2. The number of rotatable bonds is 7. The van der Waals surface area contributed by atoms with Crippen molar-refractivity contribution >= 4 is 16.8 Å². The predicted octanol–water partition coefficient (Wildman–Crippen LogP) is 5.50. The summed E-state index contributed by atoms with van der Waals surface area (Å²) in [5.41, 5.74) is 4.99. The molecular formula is C25H31N3O. The molecule has 0 aliphatic heterocycles. The van der Waals surface area contributed by atoms with Crippen LogP contribution in [0.2, 0.25) is 0 Å². The van der Waals surface area contributed by atoms with Crippen LogP contribution in [0, 0.1) is 5.92 Å². The molecule has 0 spiro atoms. The summed E-state index contributed by atoms with van der Waals surface area (Å²) in [6.45, 7) is 2.76. The average molecular weight is 390 g/mol. The Morgan fingerprint density at radius 2 is 1.97 bits per heavy atom. The molecule has 2 heterocycles. The molecule has 2 aromatic heterocycles. The van der Waals surface area contributed by atoms with E-state index in [1.807, 2.05) is 12.1 Å². The van der Waals surface area contributed by atoms with Crippen LogP contribution in [0.4, 0.5) is 0 Å². The molecule has 1 saturated carbocycles.